The molecular weight excluding hydrogens is 371 g/mol. The number of benzene rings is 1. The molecule has 28 heavy (non-hydrogen) atoms. The fraction of sp³-hybridized carbons (Fsp3) is 0.421. The van der Waals surface area contributed by atoms with E-state index < -0.39 is 24.1 Å². The molecule has 0 radical (unpaired) electrons. The number of aliphatic hydroxyl groups excluding tert-OH is 2. The predicted octanol–water partition coefficient (Wildman–Crippen LogP) is 1.35. The average Bonchev–Trinajstić information content (AvgIpc) is 2.61. The summed E-state index contributed by atoms with van der Waals surface area (Å²) in [7, 11) is 0. The summed E-state index contributed by atoms with van der Waals surface area (Å²) in [5.41, 5.74) is 9.75. The lowest BCUT2D eigenvalue weighted by atomic mass is 9.75. The molecule has 0 bridgehead atoms. The minimum Gasteiger partial charge on any atom is -0.479 e. The van der Waals surface area contributed by atoms with Gasteiger partial charge in [-0.2, -0.15) is 0 Å². The molecule has 1 aliphatic rings. The summed E-state index contributed by atoms with van der Waals surface area (Å²) in [6.07, 6.45) is -1.62. The Morgan fingerprint density at radius 1 is 1.18 bits per heavy atom. The van der Waals surface area contributed by atoms with E-state index in [2.05, 4.69) is 18.8 Å². The summed E-state index contributed by atoms with van der Waals surface area (Å²) in [6, 6.07) is 4.96. The van der Waals surface area contributed by atoms with Crippen LogP contribution in [0.3, 0.4) is 0 Å². The number of carbonyl (C=O) groups is 2. The summed E-state index contributed by atoms with van der Waals surface area (Å²) in [6.45, 7) is 4.45. The van der Waals surface area contributed by atoms with E-state index in [1.165, 1.54) is 6.07 Å². The first-order valence-corrected chi connectivity index (χ1v) is 8.62. The van der Waals surface area contributed by atoms with Crippen LogP contribution in [0.4, 0.5) is 10.1 Å². The van der Waals surface area contributed by atoms with Gasteiger partial charge < -0.3 is 26.2 Å². The highest BCUT2D eigenvalue weighted by Gasteiger charge is 2.30. The number of nitrogen functional groups attached to an aromatic ring is 1. The van der Waals surface area contributed by atoms with E-state index in [1.807, 2.05) is 6.07 Å². The number of hydrogen-bond acceptors (Lipinski definition) is 6. The number of carboxylic acid groups (broad SMARTS) is 2. The van der Waals surface area contributed by atoms with E-state index in [0.717, 1.165) is 30.5 Å². The molecule has 1 heterocycles. The summed E-state index contributed by atoms with van der Waals surface area (Å²) < 4.78 is 13.9. The first kappa shape index (κ1) is 21.5. The molecule has 8 nitrogen and oxygen atoms in total. The lowest BCUT2D eigenvalue weighted by molar-refractivity contribution is -0.165. The molecule has 0 spiro atoms. The molecule has 0 aliphatic heterocycles. The first-order chi connectivity index (χ1) is 12.9. The molecule has 0 saturated carbocycles. The van der Waals surface area contributed by atoms with Gasteiger partial charge in [0.25, 0.3) is 0 Å². The van der Waals surface area contributed by atoms with Gasteiger partial charge in [0.05, 0.1) is 10.9 Å². The van der Waals surface area contributed by atoms with Crippen molar-refractivity contribution in [2.45, 2.75) is 45.3 Å². The van der Waals surface area contributed by atoms with Crippen LogP contribution >= 0.6 is 0 Å². The number of aliphatic hydroxyl groups is 2. The zero-order chi connectivity index (χ0) is 21.2. The van der Waals surface area contributed by atoms with E-state index >= 15 is 0 Å². The average molecular weight is 394 g/mol. The number of halogens is 1. The number of nitrogens with two attached hydrogens (primary N) is 1. The van der Waals surface area contributed by atoms with Crippen LogP contribution in [0, 0.1) is 11.2 Å². The Kier molecular flexibility index (Phi) is 6.20. The fourth-order valence-electron chi connectivity index (χ4n) is 3.09. The van der Waals surface area contributed by atoms with Crippen molar-refractivity contribution in [2.24, 2.45) is 5.41 Å². The van der Waals surface area contributed by atoms with Gasteiger partial charge in [-0.15, -0.1) is 0 Å². The van der Waals surface area contributed by atoms with Gasteiger partial charge in [0.2, 0.25) is 0 Å². The van der Waals surface area contributed by atoms with Gasteiger partial charge in [0.1, 0.15) is 5.82 Å². The largest absolute Gasteiger partial charge is 0.479 e. The third-order valence-electron chi connectivity index (χ3n) is 4.69. The van der Waals surface area contributed by atoms with Crippen LogP contribution in [0.5, 0.6) is 0 Å². The van der Waals surface area contributed by atoms with Gasteiger partial charge in [-0.25, -0.2) is 14.0 Å². The molecular formula is C19H23FN2O6. The monoisotopic (exact) mass is 394 g/mol. The molecule has 2 atom stereocenters. The minimum atomic E-state index is -2.27. The fourth-order valence-corrected chi connectivity index (χ4v) is 3.09. The van der Waals surface area contributed by atoms with Crippen LogP contribution in [-0.4, -0.2) is 49.6 Å². The molecule has 0 saturated heterocycles. The van der Waals surface area contributed by atoms with Crippen LogP contribution in [-0.2, 0) is 22.4 Å². The molecule has 1 aliphatic carbocycles. The normalized spacial score (nSPS) is 17.0. The topological polar surface area (TPSA) is 154 Å². The van der Waals surface area contributed by atoms with Crippen molar-refractivity contribution in [2.75, 3.05) is 5.73 Å². The molecule has 1 aromatic heterocycles. The van der Waals surface area contributed by atoms with Crippen LogP contribution in [0.1, 0.15) is 31.5 Å². The maximum absolute atomic E-state index is 13.9. The minimum absolute atomic E-state index is 0.224. The second-order valence-electron chi connectivity index (χ2n) is 7.49. The maximum Gasteiger partial charge on any atom is 0.335 e. The predicted molar refractivity (Wildman–Crippen MR) is 99.2 cm³/mol. The summed E-state index contributed by atoms with van der Waals surface area (Å²) in [4.78, 5) is 24.1. The lowest BCUT2D eigenvalue weighted by Gasteiger charge is -2.31. The zero-order valence-electron chi connectivity index (χ0n) is 15.5. The van der Waals surface area contributed by atoms with E-state index in [-0.39, 0.29) is 11.2 Å². The summed E-state index contributed by atoms with van der Waals surface area (Å²) in [5, 5.41) is 33.0. The zero-order valence-corrected chi connectivity index (χ0v) is 15.5. The van der Waals surface area contributed by atoms with Crippen molar-refractivity contribution in [3.63, 3.8) is 0 Å². The number of fused-ring (bicyclic) bond motifs is 2. The van der Waals surface area contributed by atoms with Crippen LogP contribution in [0.2, 0.25) is 0 Å². The molecule has 1 aromatic carbocycles. The van der Waals surface area contributed by atoms with E-state index in [1.54, 1.807) is 6.07 Å². The van der Waals surface area contributed by atoms with E-state index in [4.69, 9.17) is 26.2 Å². The summed E-state index contributed by atoms with van der Waals surface area (Å²) in [5.74, 6) is -3.81. The highest BCUT2D eigenvalue weighted by atomic mass is 19.1. The highest BCUT2D eigenvalue weighted by Crippen LogP contribution is 2.39. The Morgan fingerprint density at radius 2 is 1.75 bits per heavy atom. The van der Waals surface area contributed by atoms with Crippen LogP contribution < -0.4 is 5.73 Å². The number of aliphatic carboxylic acids is 2. The van der Waals surface area contributed by atoms with Crippen molar-refractivity contribution in [1.82, 2.24) is 4.98 Å². The molecule has 6 N–H and O–H groups in total. The van der Waals surface area contributed by atoms with Gasteiger partial charge in [0, 0.05) is 11.4 Å². The highest BCUT2D eigenvalue weighted by molar-refractivity contribution is 5.92. The molecule has 152 valence electrons. The SMILES string of the molecule is CC1(C)CCc2nc3cccc(F)c3c(N)c2C1.O=C(O)[C@H](O)[C@@H](O)C(=O)O. The molecule has 0 amide bonds. The van der Waals surface area contributed by atoms with Gasteiger partial charge in [-0.3, -0.25) is 4.98 Å². The van der Waals surface area contributed by atoms with Gasteiger partial charge in [-0.05, 0) is 42.4 Å². The smallest absolute Gasteiger partial charge is 0.335 e. The quantitative estimate of drug-likeness (QED) is 0.523. The lowest BCUT2D eigenvalue weighted by Crippen LogP contribution is -2.39. The van der Waals surface area contributed by atoms with Gasteiger partial charge >= 0.3 is 11.9 Å². The van der Waals surface area contributed by atoms with Crippen molar-refractivity contribution >= 4 is 28.5 Å². The van der Waals surface area contributed by atoms with Crippen LogP contribution in [0.15, 0.2) is 18.2 Å². The second kappa shape index (κ2) is 8.07. The van der Waals surface area contributed by atoms with Crippen molar-refractivity contribution in [3.8, 4) is 0 Å². The van der Waals surface area contributed by atoms with Crippen LogP contribution in [0.25, 0.3) is 10.9 Å². The first-order valence-electron chi connectivity index (χ1n) is 8.62. The molecule has 9 heteroatoms. The Hall–Kier alpha value is -2.78. The van der Waals surface area contributed by atoms with Crippen molar-refractivity contribution in [1.29, 1.82) is 0 Å². The third-order valence-corrected chi connectivity index (χ3v) is 4.69. The summed E-state index contributed by atoms with van der Waals surface area (Å²) >= 11 is 0. The van der Waals surface area contributed by atoms with Gasteiger partial charge in [0.15, 0.2) is 12.2 Å². The number of hydrogen-bond donors (Lipinski definition) is 5. The third kappa shape index (κ3) is 4.55. The van der Waals surface area contributed by atoms with E-state index in [9.17, 15) is 14.0 Å². The van der Waals surface area contributed by atoms with Crippen molar-refractivity contribution in [3.05, 3.63) is 35.3 Å². The molecule has 0 fully saturated rings. The number of anilines is 1. The molecule has 0 unspecified atom stereocenters. The Balaban J connectivity index is 0.000000242. The number of rotatable bonds is 3. The Bertz CT molecular complexity index is 897. The standard InChI is InChI=1S/C15H17FN2.C4H6O6/c1-15(2)7-6-11-9(8-15)14(17)13-10(16)4-3-5-12(13)18-11;5-1(3(7)8)2(6)4(9)10/h3-5H,6-8H2,1-2H3,(H2,17,18);1-2,5-6H,(H,7,8)(H,9,10)/t;1-,2-/m.1/s1. The van der Waals surface area contributed by atoms with Gasteiger partial charge in [-0.1, -0.05) is 19.9 Å². The van der Waals surface area contributed by atoms with Crippen molar-refractivity contribution < 1.29 is 34.4 Å². The number of pyridine rings is 1. The Morgan fingerprint density at radius 3 is 2.29 bits per heavy atom. The maximum atomic E-state index is 13.9. The number of nitrogens with zero attached hydrogens (tertiary/aromatic N) is 1. The number of carboxylic acids is 2. The van der Waals surface area contributed by atoms with E-state index in [0.29, 0.717) is 16.6 Å². The molecule has 2 aromatic rings. The number of aromatic nitrogens is 1. The second-order valence-corrected chi connectivity index (χ2v) is 7.49. The molecule has 3 rings (SSSR count). The number of aryl methyl sites for hydroxylation is 1. The Labute approximate surface area is 160 Å².